The van der Waals surface area contributed by atoms with Crippen LogP contribution in [0.4, 0.5) is 0 Å². The number of rotatable bonds is 6. The van der Waals surface area contributed by atoms with Gasteiger partial charge in [-0.15, -0.1) is 0 Å². The highest BCUT2D eigenvalue weighted by Crippen LogP contribution is 2.27. The summed E-state index contributed by atoms with van der Waals surface area (Å²) in [5.41, 5.74) is 3.46. The second-order valence-corrected chi connectivity index (χ2v) is 6.45. The maximum Gasteiger partial charge on any atom is 0.0449 e. The summed E-state index contributed by atoms with van der Waals surface area (Å²) in [5.74, 6) is 0. The third-order valence-electron chi connectivity index (χ3n) is 3.50. The monoisotopic (exact) mass is 366 g/mol. The van der Waals surface area contributed by atoms with Crippen molar-refractivity contribution in [2.75, 3.05) is 6.54 Å². The van der Waals surface area contributed by atoms with E-state index >= 15 is 0 Å². The van der Waals surface area contributed by atoms with Gasteiger partial charge in [0.2, 0.25) is 0 Å². The molecule has 112 valence electrons. The molecule has 1 unspecified atom stereocenters. The van der Waals surface area contributed by atoms with Crippen molar-refractivity contribution >= 4 is 27.5 Å². The zero-order valence-electron chi connectivity index (χ0n) is 12.4. The van der Waals surface area contributed by atoms with Crippen molar-refractivity contribution in [2.24, 2.45) is 0 Å². The van der Waals surface area contributed by atoms with Gasteiger partial charge >= 0.3 is 0 Å². The summed E-state index contributed by atoms with van der Waals surface area (Å²) in [7, 11) is 0. The number of hydrogen-bond donors (Lipinski definition) is 1. The zero-order valence-corrected chi connectivity index (χ0v) is 14.7. The molecule has 1 heterocycles. The summed E-state index contributed by atoms with van der Waals surface area (Å²) in [4.78, 5) is 4.41. The van der Waals surface area contributed by atoms with Gasteiger partial charge in [-0.25, -0.2) is 0 Å². The quantitative estimate of drug-likeness (QED) is 0.769. The van der Waals surface area contributed by atoms with Crippen molar-refractivity contribution in [1.29, 1.82) is 0 Å². The first-order valence-electron chi connectivity index (χ1n) is 7.20. The average molecular weight is 368 g/mol. The lowest BCUT2D eigenvalue weighted by atomic mass is 9.97. The highest BCUT2D eigenvalue weighted by atomic mass is 79.9. The van der Waals surface area contributed by atoms with Crippen molar-refractivity contribution in [3.05, 3.63) is 62.8 Å². The normalized spacial score (nSPS) is 12.4. The molecule has 2 nitrogen and oxygen atoms in total. The van der Waals surface area contributed by atoms with Crippen LogP contribution in [0.5, 0.6) is 0 Å². The molecular weight excluding hydrogens is 348 g/mol. The van der Waals surface area contributed by atoms with E-state index in [4.69, 9.17) is 11.6 Å². The Labute approximate surface area is 140 Å². The molecule has 1 aromatic carbocycles. The van der Waals surface area contributed by atoms with Crippen molar-refractivity contribution in [1.82, 2.24) is 10.3 Å². The molecule has 0 aliphatic heterocycles. The van der Waals surface area contributed by atoms with Gasteiger partial charge in [0.15, 0.2) is 0 Å². The standard InChI is InChI=1S/C17H20BrClN2/c1-3-8-21-17(15-5-4-9-20-12(15)2)10-13-6-7-14(18)11-16(13)19/h4-7,9,11,17,21H,3,8,10H2,1-2H3. The smallest absolute Gasteiger partial charge is 0.0449 e. The van der Waals surface area contributed by atoms with Crippen LogP contribution in [-0.4, -0.2) is 11.5 Å². The second-order valence-electron chi connectivity index (χ2n) is 5.12. The lowest BCUT2D eigenvalue weighted by Gasteiger charge is -2.21. The van der Waals surface area contributed by atoms with Crippen LogP contribution in [0.15, 0.2) is 41.0 Å². The van der Waals surface area contributed by atoms with Gasteiger partial charge in [0.05, 0.1) is 0 Å². The Balaban J connectivity index is 2.26. The molecule has 4 heteroatoms. The lowest BCUT2D eigenvalue weighted by Crippen LogP contribution is -2.25. The summed E-state index contributed by atoms with van der Waals surface area (Å²) in [6.45, 7) is 5.21. The van der Waals surface area contributed by atoms with E-state index in [0.29, 0.717) is 0 Å². The number of halogens is 2. The summed E-state index contributed by atoms with van der Waals surface area (Å²) >= 11 is 9.81. The molecule has 2 rings (SSSR count). The molecule has 0 bridgehead atoms. The number of benzene rings is 1. The fourth-order valence-electron chi connectivity index (χ4n) is 2.38. The van der Waals surface area contributed by atoms with Gasteiger partial charge in [0.1, 0.15) is 0 Å². The van der Waals surface area contributed by atoms with Crippen LogP contribution in [-0.2, 0) is 6.42 Å². The van der Waals surface area contributed by atoms with Crippen molar-refractivity contribution < 1.29 is 0 Å². The first kappa shape index (κ1) is 16.5. The first-order valence-corrected chi connectivity index (χ1v) is 8.37. The number of nitrogens with one attached hydrogen (secondary N) is 1. The average Bonchev–Trinajstić information content (AvgIpc) is 2.46. The molecule has 0 fully saturated rings. The molecule has 0 saturated carbocycles. The van der Waals surface area contributed by atoms with Gasteiger partial charge in [0, 0.05) is 27.4 Å². The third kappa shape index (κ3) is 4.53. The Hall–Kier alpha value is -0.900. The van der Waals surface area contributed by atoms with E-state index in [2.05, 4.69) is 52.2 Å². The van der Waals surface area contributed by atoms with E-state index in [-0.39, 0.29) is 6.04 Å². The number of aryl methyl sites for hydroxylation is 1. The van der Waals surface area contributed by atoms with Gasteiger partial charge in [-0.2, -0.15) is 0 Å². The van der Waals surface area contributed by atoms with E-state index in [1.54, 1.807) is 0 Å². The van der Waals surface area contributed by atoms with Crippen LogP contribution < -0.4 is 5.32 Å². The molecule has 0 aliphatic carbocycles. The van der Waals surface area contributed by atoms with Gasteiger partial charge in [-0.1, -0.05) is 46.6 Å². The summed E-state index contributed by atoms with van der Waals surface area (Å²) in [6, 6.07) is 10.4. The molecule has 1 aromatic heterocycles. The van der Waals surface area contributed by atoms with Crippen LogP contribution >= 0.6 is 27.5 Å². The Morgan fingerprint density at radius 1 is 1.33 bits per heavy atom. The lowest BCUT2D eigenvalue weighted by molar-refractivity contribution is 0.525. The first-order chi connectivity index (χ1) is 10.1. The second kappa shape index (κ2) is 7.92. The minimum Gasteiger partial charge on any atom is -0.310 e. The zero-order chi connectivity index (χ0) is 15.2. The Bertz CT molecular complexity index is 601. The largest absolute Gasteiger partial charge is 0.310 e. The molecule has 0 aliphatic rings. The van der Waals surface area contributed by atoms with Crippen molar-refractivity contribution in [2.45, 2.75) is 32.7 Å². The summed E-state index contributed by atoms with van der Waals surface area (Å²) < 4.78 is 1.01. The van der Waals surface area contributed by atoms with Crippen LogP contribution in [0, 0.1) is 6.92 Å². The SMILES string of the molecule is CCCNC(Cc1ccc(Br)cc1Cl)c1cccnc1C. The number of nitrogens with zero attached hydrogens (tertiary/aromatic N) is 1. The maximum absolute atomic E-state index is 6.36. The number of hydrogen-bond acceptors (Lipinski definition) is 2. The summed E-state index contributed by atoms with van der Waals surface area (Å²) in [5, 5.41) is 4.41. The maximum atomic E-state index is 6.36. The van der Waals surface area contributed by atoms with E-state index in [9.17, 15) is 0 Å². The predicted octanol–water partition coefficient (Wildman–Crippen LogP) is 5.09. The van der Waals surface area contributed by atoms with Crippen LogP contribution in [0.1, 0.15) is 36.2 Å². The van der Waals surface area contributed by atoms with E-state index in [0.717, 1.165) is 40.1 Å². The molecule has 0 spiro atoms. The molecule has 0 radical (unpaired) electrons. The van der Waals surface area contributed by atoms with Crippen LogP contribution in [0.3, 0.4) is 0 Å². The summed E-state index contributed by atoms with van der Waals surface area (Å²) in [6.07, 6.45) is 3.80. The number of aromatic nitrogens is 1. The van der Waals surface area contributed by atoms with Gasteiger partial charge in [-0.05, 0) is 55.6 Å². The van der Waals surface area contributed by atoms with Gasteiger partial charge < -0.3 is 5.32 Å². The van der Waals surface area contributed by atoms with Crippen molar-refractivity contribution in [3.8, 4) is 0 Å². The fourth-order valence-corrected chi connectivity index (χ4v) is 3.13. The minimum absolute atomic E-state index is 0.234. The molecular formula is C17H20BrClN2. The van der Waals surface area contributed by atoms with E-state index in [1.165, 1.54) is 5.56 Å². The highest BCUT2D eigenvalue weighted by molar-refractivity contribution is 9.10. The van der Waals surface area contributed by atoms with E-state index < -0.39 is 0 Å². The van der Waals surface area contributed by atoms with E-state index in [1.807, 2.05) is 24.4 Å². The molecule has 0 amide bonds. The van der Waals surface area contributed by atoms with Crippen LogP contribution in [0.2, 0.25) is 5.02 Å². The highest BCUT2D eigenvalue weighted by Gasteiger charge is 2.15. The Morgan fingerprint density at radius 3 is 2.81 bits per heavy atom. The van der Waals surface area contributed by atoms with Gasteiger partial charge in [0.25, 0.3) is 0 Å². The molecule has 1 N–H and O–H groups in total. The molecule has 21 heavy (non-hydrogen) atoms. The predicted molar refractivity (Wildman–Crippen MR) is 92.9 cm³/mol. The fraction of sp³-hybridized carbons (Fsp3) is 0.353. The Kier molecular flexibility index (Phi) is 6.22. The molecule has 1 atom stereocenters. The number of pyridine rings is 1. The third-order valence-corrected chi connectivity index (χ3v) is 4.35. The molecule has 2 aromatic rings. The van der Waals surface area contributed by atoms with Crippen molar-refractivity contribution in [3.63, 3.8) is 0 Å². The Morgan fingerprint density at radius 2 is 2.14 bits per heavy atom. The topological polar surface area (TPSA) is 24.9 Å². The van der Waals surface area contributed by atoms with Crippen LogP contribution in [0.25, 0.3) is 0 Å². The molecule has 0 saturated heterocycles. The van der Waals surface area contributed by atoms with Gasteiger partial charge in [-0.3, -0.25) is 4.98 Å². The minimum atomic E-state index is 0.234.